The maximum absolute atomic E-state index is 12.7. The Kier molecular flexibility index (Phi) is 4.76. The highest BCUT2D eigenvalue weighted by atomic mass is 32.2. The van der Waals surface area contributed by atoms with Crippen LogP contribution in [0.4, 0.5) is 0 Å². The minimum atomic E-state index is -3.33. The Morgan fingerprint density at radius 1 is 1.17 bits per heavy atom. The SMILES string of the molecule is NC1CN(C2=CC(N3CCS(=O)(=O)c4ccccc4C3)=N[C@H]3CC=NC=C23)CC1O. The monoisotopic (exact) mass is 427 g/mol. The third kappa shape index (κ3) is 3.36. The van der Waals surface area contributed by atoms with Crippen LogP contribution in [0.3, 0.4) is 0 Å². The van der Waals surface area contributed by atoms with Gasteiger partial charge in [0, 0.05) is 68.4 Å². The zero-order chi connectivity index (χ0) is 20.9. The summed E-state index contributed by atoms with van der Waals surface area (Å²) in [6, 6.07) is 6.82. The molecule has 30 heavy (non-hydrogen) atoms. The summed E-state index contributed by atoms with van der Waals surface area (Å²) in [5.41, 5.74) is 8.82. The van der Waals surface area contributed by atoms with Crippen molar-refractivity contribution >= 4 is 21.9 Å². The van der Waals surface area contributed by atoms with Crippen LogP contribution in [0.5, 0.6) is 0 Å². The highest BCUT2D eigenvalue weighted by Gasteiger charge is 2.36. The summed E-state index contributed by atoms with van der Waals surface area (Å²) in [7, 11) is -3.33. The number of hydrogen-bond acceptors (Lipinski definition) is 8. The van der Waals surface area contributed by atoms with E-state index in [2.05, 4.69) is 9.89 Å². The Labute approximate surface area is 176 Å². The third-order valence-electron chi connectivity index (χ3n) is 6.15. The lowest BCUT2D eigenvalue weighted by Gasteiger charge is -2.34. The van der Waals surface area contributed by atoms with Crippen molar-refractivity contribution in [2.45, 2.75) is 36.0 Å². The number of fused-ring (bicyclic) bond motifs is 2. The number of dihydropyridines is 1. The highest BCUT2D eigenvalue weighted by Crippen LogP contribution is 2.32. The molecule has 2 unspecified atom stereocenters. The molecule has 4 heterocycles. The van der Waals surface area contributed by atoms with E-state index in [1.165, 1.54) is 0 Å². The average Bonchev–Trinajstić information content (AvgIpc) is 3.01. The van der Waals surface area contributed by atoms with Gasteiger partial charge in [-0.15, -0.1) is 0 Å². The number of benzene rings is 1. The molecule has 1 aromatic carbocycles. The van der Waals surface area contributed by atoms with Gasteiger partial charge in [-0.3, -0.25) is 9.98 Å². The van der Waals surface area contributed by atoms with Crippen LogP contribution in [0.15, 0.2) is 62.7 Å². The lowest BCUT2D eigenvalue weighted by atomic mass is 9.96. The smallest absolute Gasteiger partial charge is 0.180 e. The Hall–Kier alpha value is -2.49. The summed E-state index contributed by atoms with van der Waals surface area (Å²) in [4.78, 5) is 13.8. The molecule has 0 saturated carbocycles. The number of rotatable bonds is 1. The first-order chi connectivity index (χ1) is 14.4. The second kappa shape index (κ2) is 7.33. The Bertz CT molecular complexity index is 1080. The zero-order valence-corrected chi connectivity index (χ0v) is 17.4. The van der Waals surface area contributed by atoms with Gasteiger partial charge in [0.05, 0.1) is 22.8 Å². The number of aliphatic hydroxyl groups excluding tert-OH is 1. The van der Waals surface area contributed by atoms with Crippen LogP contribution >= 0.6 is 0 Å². The van der Waals surface area contributed by atoms with Gasteiger partial charge < -0.3 is 20.6 Å². The number of sulfone groups is 1. The molecule has 0 bridgehead atoms. The molecule has 3 N–H and O–H groups in total. The summed E-state index contributed by atoms with van der Waals surface area (Å²) in [5.74, 6) is 0.818. The summed E-state index contributed by atoms with van der Waals surface area (Å²) in [6.45, 7) is 1.89. The number of nitrogens with two attached hydrogens (primary N) is 1. The molecule has 0 aliphatic carbocycles. The molecule has 1 saturated heterocycles. The van der Waals surface area contributed by atoms with E-state index >= 15 is 0 Å². The van der Waals surface area contributed by atoms with E-state index in [-0.39, 0.29) is 17.8 Å². The van der Waals surface area contributed by atoms with Crippen molar-refractivity contribution in [1.82, 2.24) is 9.80 Å². The Balaban J connectivity index is 1.52. The highest BCUT2D eigenvalue weighted by molar-refractivity contribution is 7.91. The number of aliphatic hydroxyl groups is 1. The maximum atomic E-state index is 12.7. The van der Waals surface area contributed by atoms with Crippen LogP contribution in [-0.4, -0.2) is 78.9 Å². The van der Waals surface area contributed by atoms with Crippen LogP contribution in [0.25, 0.3) is 0 Å². The van der Waals surface area contributed by atoms with Gasteiger partial charge in [0.25, 0.3) is 0 Å². The normalized spacial score (nSPS) is 30.1. The number of amidine groups is 1. The van der Waals surface area contributed by atoms with E-state index in [4.69, 9.17) is 10.7 Å². The number of nitrogens with zero attached hydrogens (tertiary/aromatic N) is 4. The van der Waals surface area contributed by atoms with Crippen molar-refractivity contribution in [3.8, 4) is 0 Å². The van der Waals surface area contributed by atoms with Gasteiger partial charge in [-0.25, -0.2) is 8.42 Å². The molecular weight excluding hydrogens is 402 g/mol. The zero-order valence-electron chi connectivity index (χ0n) is 16.6. The molecule has 3 atom stereocenters. The molecule has 5 rings (SSSR count). The lowest BCUT2D eigenvalue weighted by Crippen LogP contribution is -2.38. The van der Waals surface area contributed by atoms with Crippen LogP contribution in [0.2, 0.25) is 0 Å². The minimum absolute atomic E-state index is 0.0499. The molecule has 9 heteroatoms. The molecule has 4 aliphatic rings. The van der Waals surface area contributed by atoms with E-state index < -0.39 is 15.9 Å². The van der Waals surface area contributed by atoms with Crippen LogP contribution in [0, 0.1) is 0 Å². The molecule has 0 aromatic heterocycles. The first-order valence-electron chi connectivity index (χ1n) is 10.2. The average molecular weight is 428 g/mol. The Morgan fingerprint density at radius 3 is 2.80 bits per heavy atom. The predicted molar refractivity (Wildman–Crippen MR) is 115 cm³/mol. The summed E-state index contributed by atoms with van der Waals surface area (Å²) < 4.78 is 25.5. The van der Waals surface area contributed by atoms with Crippen LogP contribution < -0.4 is 5.73 Å². The van der Waals surface area contributed by atoms with Crippen molar-refractivity contribution in [2.24, 2.45) is 15.7 Å². The molecule has 0 radical (unpaired) electrons. The largest absolute Gasteiger partial charge is 0.390 e. The first-order valence-corrected chi connectivity index (χ1v) is 11.8. The number of β-amino-alcohol motifs (C(OH)–C–C–N with tert-alkyl or cyclic N) is 1. The quantitative estimate of drug-likeness (QED) is 0.667. The number of aliphatic imine (C=N–C) groups is 2. The standard InChI is InChI=1S/C21H25N5O3S/c22-16-12-26(13-19(16)27)18-9-21(24-17-5-6-23-10-15(17)18)25-7-8-30(28,29)20-4-2-1-3-14(20)11-25/h1-4,6,9-10,16-17,19,27H,5,7-8,11-13,22H2/t16?,17-,19?/m0/s1. The first kappa shape index (κ1) is 19.5. The van der Waals surface area contributed by atoms with Gasteiger partial charge in [0.2, 0.25) is 0 Å². The molecule has 8 nitrogen and oxygen atoms in total. The molecule has 1 aromatic rings. The topological polar surface area (TPSA) is 112 Å². The van der Waals surface area contributed by atoms with E-state index in [1.807, 2.05) is 35.5 Å². The summed E-state index contributed by atoms with van der Waals surface area (Å²) in [5, 5.41) is 10.2. The van der Waals surface area contributed by atoms with E-state index in [0.29, 0.717) is 37.5 Å². The van der Waals surface area contributed by atoms with Gasteiger partial charge in [0.15, 0.2) is 9.84 Å². The second-order valence-corrected chi connectivity index (χ2v) is 10.2. The Morgan fingerprint density at radius 2 is 2.00 bits per heavy atom. The molecule has 158 valence electrons. The van der Waals surface area contributed by atoms with Gasteiger partial charge in [0.1, 0.15) is 5.84 Å². The molecule has 0 spiro atoms. The lowest BCUT2D eigenvalue weighted by molar-refractivity contribution is 0.170. The predicted octanol–water partition coefficient (Wildman–Crippen LogP) is 0.303. The fourth-order valence-corrected chi connectivity index (χ4v) is 5.98. The van der Waals surface area contributed by atoms with Crippen LogP contribution in [0.1, 0.15) is 12.0 Å². The summed E-state index contributed by atoms with van der Waals surface area (Å²) in [6.07, 6.45) is 5.80. The maximum Gasteiger partial charge on any atom is 0.180 e. The number of likely N-dealkylation sites (tertiary alicyclic amines) is 1. The minimum Gasteiger partial charge on any atom is -0.390 e. The van der Waals surface area contributed by atoms with E-state index in [0.717, 1.165) is 22.7 Å². The fourth-order valence-electron chi connectivity index (χ4n) is 4.48. The summed E-state index contributed by atoms with van der Waals surface area (Å²) >= 11 is 0. The van der Waals surface area contributed by atoms with Crippen LogP contribution in [-0.2, 0) is 16.4 Å². The van der Waals surface area contributed by atoms with Crippen molar-refractivity contribution < 1.29 is 13.5 Å². The molecular formula is C21H25N5O3S. The molecule has 4 aliphatic heterocycles. The van der Waals surface area contributed by atoms with Crippen molar-refractivity contribution in [3.63, 3.8) is 0 Å². The van der Waals surface area contributed by atoms with E-state index in [9.17, 15) is 13.5 Å². The van der Waals surface area contributed by atoms with E-state index in [1.54, 1.807) is 12.1 Å². The molecule has 0 amide bonds. The van der Waals surface area contributed by atoms with Crippen molar-refractivity contribution in [3.05, 3.63) is 53.4 Å². The molecule has 1 fully saturated rings. The third-order valence-corrected chi connectivity index (χ3v) is 7.94. The fraction of sp³-hybridized carbons (Fsp3) is 0.429. The second-order valence-electron chi connectivity index (χ2n) is 8.17. The number of hydrogen-bond donors (Lipinski definition) is 2. The van der Waals surface area contributed by atoms with Gasteiger partial charge in [-0.1, -0.05) is 18.2 Å². The van der Waals surface area contributed by atoms with Crippen molar-refractivity contribution in [1.29, 1.82) is 0 Å². The van der Waals surface area contributed by atoms with Gasteiger partial charge in [-0.2, -0.15) is 0 Å². The van der Waals surface area contributed by atoms with Gasteiger partial charge >= 0.3 is 0 Å². The van der Waals surface area contributed by atoms with Gasteiger partial charge in [-0.05, 0) is 11.6 Å². The van der Waals surface area contributed by atoms with Crippen molar-refractivity contribution in [2.75, 3.05) is 25.4 Å².